The number of aliphatic hydroxyl groups is 1. The fourth-order valence-corrected chi connectivity index (χ4v) is 1.95. The topological polar surface area (TPSA) is 50.1 Å². The summed E-state index contributed by atoms with van der Waals surface area (Å²) < 4.78 is 1.81. The van der Waals surface area contributed by atoms with E-state index in [9.17, 15) is 0 Å². The lowest BCUT2D eigenvalue weighted by Gasteiger charge is -2.13. The molecule has 0 aromatic carbocycles. The van der Waals surface area contributed by atoms with E-state index < -0.39 is 0 Å². The van der Waals surface area contributed by atoms with Crippen molar-refractivity contribution >= 4 is 0 Å². The fourth-order valence-electron chi connectivity index (χ4n) is 1.95. The highest BCUT2D eigenvalue weighted by molar-refractivity contribution is 5.15. The number of aliphatic hydroxyl groups excluding tert-OH is 1. The summed E-state index contributed by atoms with van der Waals surface area (Å²) in [7, 11) is 1.92. The van der Waals surface area contributed by atoms with Crippen LogP contribution >= 0.6 is 0 Å². The second-order valence-corrected chi connectivity index (χ2v) is 3.65. The van der Waals surface area contributed by atoms with E-state index in [2.05, 4.69) is 10.4 Å². The van der Waals surface area contributed by atoms with E-state index >= 15 is 0 Å². The first-order valence-corrected chi connectivity index (χ1v) is 4.61. The van der Waals surface area contributed by atoms with Crippen molar-refractivity contribution in [3.05, 3.63) is 18.0 Å². The predicted molar refractivity (Wildman–Crippen MR) is 49.4 cm³/mol. The molecule has 2 N–H and O–H groups in total. The van der Waals surface area contributed by atoms with Crippen molar-refractivity contribution in [2.75, 3.05) is 19.7 Å². The highest BCUT2D eigenvalue weighted by atomic mass is 16.3. The molecule has 13 heavy (non-hydrogen) atoms. The molecule has 0 bridgehead atoms. The van der Waals surface area contributed by atoms with Crippen molar-refractivity contribution in [3.8, 4) is 0 Å². The molecule has 72 valence electrons. The van der Waals surface area contributed by atoms with Crippen LogP contribution in [0.4, 0.5) is 0 Å². The Hall–Kier alpha value is -0.870. The molecule has 0 saturated carbocycles. The smallest absolute Gasteiger partial charge is 0.0525 e. The summed E-state index contributed by atoms with van der Waals surface area (Å²) >= 11 is 0. The van der Waals surface area contributed by atoms with Crippen molar-refractivity contribution in [1.29, 1.82) is 0 Å². The molecule has 1 aliphatic heterocycles. The minimum atomic E-state index is 0.257. The van der Waals surface area contributed by atoms with Crippen LogP contribution in [0.3, 0.4) is 0 Å². The summed E-state index contributed by atoms with van der Waals surface area (Å²) in [5.41, 5.74) is 1.23. The van der Waals surface area contributed by atoms with Gasteiger partial charge in [0.25, 0.3) is 0 Å². The SMILES string of the molecule is Cn1cc([C@H]2CNC[C@@H]2CO)cn1. The number of aromatic nitrogens is 2. The zero-order chi connectivity index (χ0) is 9.26. The maximum atomic E-state index is 9.14. The van der Waals surface area contributed by atoms with Crippen LogP contribution in [0.15, 0.2) is 12.4 Å². The minimum Gasteiger partial charge on any atom is -0.396 e. The molecule has 0 unspecified atom stereocenters. The molecule has 1 aliphatic rings. The Morgan fingerprint density at radius 2 is 2.54 bits per heavy atom. The van der Waals surface area contributed by atoms with Gasteiger partial charge in [-0.15, -0.1) is 0 Å². The maximum absolute atomic E-state index is 9.14. The summed E-state index contributed by atoms with van der Waals surface area (Å²) in [4.78, 5) is 0. The summed E-state index contributed by atoms with van der Waals surface area (Å²) in [6.07, 6.45) is 3.92. The van der Waals surface area contributed by atoms with Gasteiger partial charge in [0.2, 0.25) is 0 Å². The normalized spacial score (nSPS) is 28.2. The number of nitrogens with one attached hydrogen (secondary N) is 1. The van der Waals surface area contributed by atoms with E-state index in [0.717, 1.165) is 13.1 Å². The first kappa shape index (κ1) is 8.72. The number of rotatable bonds is 2. The Bertz CT molecular complexity index is 284. The Morgan fingerprint density at radius 3 is 3.15 bits per heavy atom. The molecule has 0 spiro atoms. The minimum absolute atomic E-state index is 0.257. The average molecular weight is 181 g/mol. The van der Waals surface area contributed by atoms with Crippen molar-refractivity contribution in [2.45, 2.75) is 5.92 Å². The first-order valence-electron chi connectivity index (χ1n) is 4.61. The lowest BCUT2D eigenvalue weighted by molar-refractivity contribution is 0.226. The molecule has 0 aliphatic carbocycles. The highest BCUT2D eigenvalue weighted by Crippen LogP contribution is 2.26. The van der Waals surface area contributed by atoms with Crippen LogP contribution in [0.25, 0.3) is 0 Å². The zero-order valence-electron chi connectivity index (χ0n) is 7.77. The number of hydrogen-bond donors (Lipinski definition) is 2. The van der Waals surface area contributed by atoms with Crippen LogP contribution in [0.2, 0.25) is 0 Å². The molecular formula is C9H15N3O. The molecule has 1 fully saturated rings. The number of aryl methyl sites for hydroxylation is 1. The van der Waals surface area contributed by atoms with Crippen molar-refractivity contribution in [3.63, 3.8) is 0 Å². The van der Waals surface area contributed by atoms with Crippen molar-refractivity contribution in [1.82, 2.24) is 15.1 Å². The Labute approximate surface area is 77.6 Å². The lowest BCUT2D eigenvalue weighted by Crippen LogP contribution is -2.14. The quantitative estimate of drug-likeness (QED) is 0.659. The summed E-state index contributed by atoms with van der Waals surface area (Å²) in [6.45, 7) is 2.12. The van der Waals surface area contributed by atoms with E-state index in [1.165, 1.54) is 5.56 Å². The predicted octanol–water partition coefficient (Wildman–Crippen LogP) is -0.285. The first-order chi connectivity index (χ1) is 6.31. The van der Waals surface area contributed by atoms with E-state index in [0.29, 0.717) is 11.8 Å². The number of hydrogen-bond acceptors (Lipinski definition) is 3. The van der Waals surface area contributed by atoms with Crippen LogP contribution in [0, 0.1) is 5.92 Å². The van der Waals surface area contributed by atoms with Crippen LogP contribution in [-0.2, 0) is 7.05 Å². The Balaban J connectivity index is 2.15. The lowest BCUT2D eigenvalue weighted by atomic mass is 9.92. The summed E-state index contributed by atoms with van der Waals surface area (Å²) in [5.74, 6) is 0.780. The molecule has 0 amide bonds. The molecule has 4 nitrogen and oxygen atoms in total. The largest absolute Gasteiger partial charge is 0.396 e. The Kier molecular flexibility index (Phi) is 2.33. The van der Waals surface area contributed by atoms with Crippen LogP contribution in [-0.4, -0.2) is 34.6 Å². The summed E-state index contributed by atoms with van der Waals surface area (Å²) in [6, 6.07) is 0. The third kappa shape index (κ3) is 1.59. The third-order valence-corrected chi connectivity index (χ3v) is 2.73. The second-order valence-electron chi connectivity index (χ2n) is 3.65. The van der Waals surface area contributed by atoms with Crippen LogP contribution in [0.5, 0.6) is 0 Å². The molecule has 1 aromatic rings. The van der Waals surface area contributed by atoms with Gasteiger partial charge >= 0.3 is 0 Å². The summed E-state index contributed by atoms with van der Waals surface area (Å²) in [5, 5.41) is 16.6. The third-order valence-electron chi connectivity index (χ3n) is 2.73. The molecule has 2 heterocycles. The Morgan fingerprint density at radius 1 is 1.69 bits per heavy atom. The van der Waals surface area contributed by atoms with Crippen LogP contribution < -0.4 is 5.32 Å². The molecule has 2 atom stereocenters. The number of nitrogens with zero attached hydrogens (tertiary/aromatic N) is 2. The van der Waals surface area contributed by atoms with Crippen LogP contribution in [0.1, 0.15) is 11.5 Å². The zero-order valence-corrected chi connectivity index (χ0v) is 7.77. The van der Waals surface area contributed by atoms with E-state index in [4.69, 9.17) is 5.11 Å². The average Bonchev–Trinajstić information content (AvgIpc) is 2.71. The van der Waals surface area contributed by atoms with Gasteiger partial charge in [-0.2, -0.15) is 5.10 Å². The van der Waals surface area contributed by atoms with Gasteiger partial charge < -0.3 is 10.4 Å². The monoisotopic (exact) mass is 181 g/mol. The van der Waals surface area contributed by atoms with Gasteiger partial charge in [-0.25, -0.2) is 0 Å². The molecule has 0 radical (unpaired) electrons. The highest BCUT2D eigenvalue weighted by Gasteiger charge is 2.28. The van der Waals surface area contributed by atoms with Gasteiger partial charge in [0.1, 0.15) is 0 Å². The molecular weight excluding hydrogens is 166 g/mol. The van der Waals surface area contributed by atoms with Crippen molar-refractivity contribution in [2.24, 2.45) is 13.0 Å². The fraction of sp³-hybridized carbons (Fsp3) is 0.667. The van der Waals surface area contributed by atoms with Crippen molar-refractivity contribution < 1.29 is 5.11 Å². The molecule has 1 saturated heterocycles. The second kappa shape index (κ2) is 3.47. The molecule has 2 rings (SSSR count). The van der Waals surface area contributed by atoms with Gasteiger partial charge in [-0.1, -0.05) is 0 Å². The van der Waals surface area contributed by atoms with E-state index in [-0.39, 0.29) is 6.61 Å². The van der Waals surface area contributed by atoms with Gasteiger partial charge in [-0.05, 0) is 5.56 Å². The van der Waals surface area contributed by atoms with Gasteiger partial charge in [-0.3, -0.25) is 4.68 Å². The molecule has 1 aromatic heterocycles. The molecule has 4 heteroatoms. The van der Waals surface area contributed by atoms with Gasteiger partial charge in [0, 0.05) is 44.8 Å². The van der Waals surface area contributed by atoms with E-state index in [1.807, 2.05) is 24.1 Å². The standard InChI is InChI=1S/C9H15N3O/c1-12-5-7(3-11-12)9-4-10-2-8(9)6-13/h3,5,8-10,13H,2,4,6H2,1H3/t8-,9-/m1/s1. The van der Waals surface area contributed by atoms with Gasteiger partial charge in [0.05, 0.1) is 6.20 Å². The van der Waals surface area contributed by atoms with E-state index in [1.54, 1.807) is 0 Å². The van der Waals surface area contributed by atoms with Gasteiger partial charge in [0.15, 0.2) is 0 Å². The maximum Gasteiger partial charge on any atom is 0.0525 e.